The number of benzene rings is 1. The van der Waals surface area contributed by atoms with Crippen LogP contribution in [0.1, 0.15) is 36.8 Å². The van der Waals surface area contributed by atoms with Gasteiger partial charge in [0.05, 0.1) is 11.6 Å². The minimum atomic E-state index is 0.308. The number of halogens is 1. The largest absolute Gasteiger partial charge is 0.492 e. The Balaban J connectivity index is 1.89. The van der Waals surface area contributed by atoms with Crippen LogP contribution in [-0.4, -0.2) is 13.2 Å². The summed E-state index contributed by atoms with van der Waals surface area (Å²) >= 11 is 8.07. The Morgan fingerprint density at radius 1 is 1.33 bits per heavy atom. The van der Waals surface area contributed by atoms with E-state index in [0.717, 1.165) is 25.1 Å². The van der Waals surface area contributed by atoms with Crippen LogP contribution in [0.15, 0.2) is 35.7 Å². The maximum atomic E-state index is 6.32. The maximum Gasteiger partial charge on any atom is 0.137 e. The van der Waals surface area contributed by atoms with Crippen molar-refractivity contribution in [3.63, 3.8) is 0 Å². The summed E-state index contributed by atoms with van der Waals surface area (Å²) in [6, 6.07) is 10.5. The third-order valence-electron chi connectivity index (χ3n) is 3.34. The Labute approximate surface area is 136 Å². The van der Waals surface area contributed by atoms with Crippen LogP contribution in [0, 0.1) is 0 Å². The molecule has 1 unspecified atom stereocenters. The molecule has 2 rings (SSSR count). The third-order valence-corrected chi connectivity index (χ3v) is 4.57. The van der Waals surface area contributed by atoms with Crippen LogP contribution < -0.4 is 10.1 Å². The molecule has 114 valence electrons. The molecule has 0 aliphatic carbocycles. The van der Waals surface area contributed by atoms with Gasteiger partial charge in [-0.3, -0.25) is 0 Å². The minimum Gasteiger partial charge on any atom is -0.492 e. The number of thiophene rings is 1. The van der Waals surface area contributed by atoms with Crippen LogP contribution in [0.2, 0.25) is 5.02 Å². The van der Waals surface area contributed by atoms with Crippen molar-refractivity contribution in [2.24, 2.45) is 0 Å². The zero-order valence-electron chi connectivity index (χ0n) is 12.6. The van der Waals surface area contributed by atoms with Crippen molar-refractivity contribution in [3.05, 3.63) is 51.2 Å². The van der Waals surface area contributed by atoms with Gasteiger partial charge in [0.2, 0.25) is 0 Å². The van der Waals surface area contributed by atoms with E-state index in [2.05, 4.69) is 42.7 Å². The molecular formula is C17H22ClNOS. The highest BCUT2D eigenvalue weighted by atomic mass is 35.5. The lowest BCUT2D eigenvalue weighted by molar-refractivity contribution is 0.323. The summed E-state index contributed by atoms with van der Waals surface area (Å²) < 4.78 is 5.78. The Kier molecular flexibility index (Phi) is 6.55. The van der Waals surface area contributed by atoms with Gasteiger partial charge in [0.25, 0.3) is 0 Å². The molecule has 21 heavy (non-hydrogen) atoms. The fraction of sp³-hybridized carbons (Fsp3) is 0.412. The predicted octanol–water partition coefficient (Wildman–Crippen LogP) is 5.08. The normalized spacial score (nSPS) is 12.3. The maximum absolute atomic E-state index is 6.32. The van der Waals surface area contributed by atoms with E-state index in [1.165, 1.54) is 10.4 Å². The van der Waals surface area contributed by atoms with Crippen LogP contribution in [0.3, 0.4) is 0 Å². The van der Waals surface area contributed by atoms with Crippen LogP contribution in [0.5, 0.6) is 5.75 Å². The lowest BCUT2D eigenvalue weighted by atomic mass is 10.1. The first-order valence-electron chi connectivity index (χ1n) is 7.38. The summed E-state index contributed by atoms with van der Waals surface area (Å²) in [5.74, 6) is 0.764. The van der Waals surface area contributed by atoms with E-state index in [0.29, 0.717) is 17.7 Å². The summed E-state index contributed by atoms with van der Waals surface area (Å²) in [6.07, 6.45) is 2.05. The molecule has 2 nitrogen and oxygen atoms in total. The van der Waals surface area contributed by atoms with Crippen molar-refractivity contribution >= 4 is 22.9 Å². The van der Waals surface area contributed by atoms with Gasteiger partial charge in [0.15, 0.2) is 0 Å². The molecule has 1 N–H and O–H groups in total. The highest BCUT2D eigenvalue weighted by Gasteiger charge is 2.08. The van der Waals surface area contributed by atoms with E-state index in [9.17, 15) is 0 Å². The zero-order valence-corrected chi connectivity index (χ0v) is 14.1. The van der Waals surface area contributed by atoms with Crippen LogP contribution in [-0.2, 0) is 6.42 Å². The molecule has 0 aliphatic rings. The molecule has 0 spiro atoms. The van der Waals surface area contributed by atoms with Crippen molar-refractivity contribution in [3.8, 4) is 5.75 Å². The molecule has 4 heteroatoms. The van der Waals surface area contributed by atoms with Gasteiger partial charge in [-0.2, -0.15) is 0 Å². The highest BCUT2D eigenvalue weighted by molar-refractivity contribution is 7.09. The first-order valence-corrected chi connectivity index (χ1v) is 8.64. The fourth-order valence-electron chi connectivity index (χ4n) is 2.10. The van der Waals surface area contributed by atoms with Gasteiger partial charge < -0.3 is 10.1 Å². The molecular weight excluding hydrogens is 302 g/mol. The minimum absolute atomic E-state index is 0.308. The summed E-state index contributed by atoms with van der Waals surface area (Å²) in [5, 5.41) is 6.23. The van der Waals surface area contributed by atoms with Gasteiger partial charge in [0, 0.05) is 17.3 Å². The van der Waals surface area contributed by atoms with Gasteiger partial charge in [-0.15, -0.1) is 11.3 Å². The van der Waals surface area contributed by atoms with E-state index in [1.807, 2.05) is 12.1 Å². The molecule has 1 aromatic heterocycles. The van der Waals surface area contributed by atoms with Gasteiger partial charge >= 0.3 is 0 Å². The third kappa shape index (κ3) is 5.03. The van der Waals surface area contributed by atoms with Crippen LogP contribution >= 0.6 is 22.9 Å². The summed E-state index contributed by atoms with van der Waals surface area (Å²) in [4.78, 5) is 1.33. The van der Waals surface area contributed by atoms with Gasteiger partial charge in [-0.1, -0.05) is 30.7 Å². The number of nitrogens with one attached hydrogen (secondary N) is 1. The number of ether oxygens (including phenoxy) is 1. The number of rotatable bonds is 8. The fourth-order valence-corrected chi connectivity index (χ4v) is 3.03. The molecule has 0 fully saturated rings. The Morgan fingerprint density at radius 2 is 2.19 bits per heavy atom. The standard InChI is InChI=1S/C17H22ClNOS/c1-3-9-19-13(2)14-6-7-17(16(18)12-14)20-10-8-15-5-4-11-21-15/h4-7,11-13,19H,3,8-10H2,1-2H3. The monoisotopic (exact) mass is 323 g/mol. The average Bonchev–Trinajstić information content (AvgIpc) is 2.99. The first kappa shape index (κ1) is 16.3. The van der Waals surface area contributed by atoms with Gasteiger partial charge in [-0.25, -0.2) is 0 Å². The van der Waals surface area contributed by atoms with E-state index >= 15 is 0 Å². The van der Waals surface area contributed by atoms with E-state index < -0.39 is 0 Å². The molecule has 0 aliphatic heterocycles. The van der Waals surface area contributed by atoms with Crippen molar-refractivity contribution in [2.75, 3.05) is 13.2 Å². The first-order chi connectivity index (χ1) is 10.2. The second-order valence-corrected chi connectivity index (χ2v) is 6.48. The Bertz CT molecular complexity index is 542. The van der Waals surface area contributed by atoms with Gasteiger partial charge in [0.1, 0.15) is 5.75 Å². The molecule has 1 heterocycles. The SMILES string of the molecule is CCCNC(C)c1ccc(OCCc2cccs2)c(Cl)c1. The second-order valence-electron chi connectivity index (χ2n) is 5.04. The van der Waals surface area contributed by atoms with E-state index in [4.69, 9.17) is 16.3 Å². The zero-order chi connectivity index (χ0) is 15.1. The number of hydrogen-bond donors (Lipinski definition) is 1. The molecule has 1 atom stereocenters. The molecule has 0 radical (unpaired) electrons. The van der Waals surface area contributed by atoms with E-state index in [-0.39, 0.29) is 0 Å². The average molecular weight is 324 g/mol. The molecule has 1 aromatic carbocycles. The Morgan fingerprint density at radius 3 is 2.86 bits per heavy atom. The van der Waals surface area contributed by atoms with Crippen molar-refractivity contribution in [2.45, 2.75) is 32.7 Å². The lowest BCUT2D eigenvalue weighted by Gasteiger charge is -2.15. The molecule has 0 saturated carbocycles. The topological polar surface area (TPSA) is 21.3 Å². The van der Waals surface area contributed by atoms with Crippen LogP contribution in [0.4, 0.5) is 0 Å². The molecule has 0 bridgehead atoms. The quantitative estimate of drug-likeness (QED) is 0.731. The lowest BCUT2D eigenvalue weighted by Crippen LogP contribution is -2.19. The van der Waals surface area contributed by atoms with Crippen molar-refractivity contribution in [1.82, 2.24) is 5.32 Å². The molecule has 2 aromatic rings. The summed E-state index contributed by atoms with van der Waals surface area (Å²) in [6.45, 7) is 5.98. The highest BCUT2D eigenvalue weighted by Crippen LogP contribution is 2.28. The number of hydrogen-bond acceptors (Lipinski definition) is 3. The summed E-state index contributed by atoms with van der Waals surface area (Å²) in [5.41, 5.74) is 1.19. The van der Waals surface area contributed by atoms with Crippen molar-refractivity contribution < 1.29 is 4.74 Å². The van der Waals surface area contributed by atoms with Crippen molar-refractivity contribution in [1.29, 1.82) is 0 Å². The Hall–Kier alpha value is -1.03. The predicted molar refractivity (Wildman–Crippen MR) is 91.7 cm³/mol. The summed E-state index contributed by atoms with van der Waals surface area (Å²) in [7, 11) is 0. The smallest absolute Gasteiger partial charge is 0.137 e. The molecule has 0 amide bonds. The second kappa shape index (κ2) is 8.42. The van der Waals surface area contributed by atoms with Gasteiger partial charge in [-0.05, 0) is 49.0 Å². The molecule has 0 saturated heterocycles. The van der Waals surface area contributed by atoms with E-state index in [1.54, 1.807) is 11.3 Å². The van der Waals surface area contributed by atoms with Crippen LogP contribution in [0.25, 0.3) is 0 Å².